The second kappa shape index (κ2) is 4.85. The first-order valence-corrected chi connectivity index (χ1v) is 5.41. The van der Waals surface area contributed by atoms with Gasteiger partial charge in [-0.15, -0.1) is 11.8 Å². The van der Waals surface area contributed by atoms with Crippen molar-refractivity contribution in [2.75, 3.05) is 5.75 Å². The summed E-state index contributed by atoms with van der Waals surface area (Å²) in [4.78, 5) is 0. The molecule has 0 aromatic carbocycles. The predicted molar refractivity (Wildman–Crippen MR) is 55.7 cm³/mol. The van der Waals surface area contributed by atoms with E-state index < -0.39 is 0 Å². The van der Waals surface area contributed by atoms with Crippen molar-refractivity contribution in [3.05, 3.63) is 0 Å². The van der Waals surface area contributed by atoms with Crippen molar-refractivity contribution in [2.24, 2.45) is 16.4 Å². The van der Waals surface area contributed by atoms with Crippen LogP contribution in [0.25, 0.3) is 0 Å². The van der Waals surface area contributed by atoms with Crippen LogP contribution in [0.3, 0.4) is 0 Å². The quantitative estimate of drug-likeness (QED) is 0.670. The zero-order chi connectivity index (χ0) is 9.78. The standard InChI is InChI=1S/C9H20N2S/c1-7(9(3,4)5)6-12-8(2)11-10/h7-8,10H,6H2,1-5H3/t7-,8?/m1/s1. The molecule has 2 atom stereocenters. The molecule has 0 aromatic rings. The Bertz CT molecular complexity index is 140. The van der Waals surface area contributed by atoms with Gasteiger partial charge in [0.2, 0.25) is 0 Å². The fraction of sp³-hybridized carbons (Fsp3) is 1.00. The van der Waals surface area contributed by atoms with E-state index in [1.54, 1.807) is 11.8 Å². The van der Waals surface area contributed by atoms with Gasteiger partial charge in [-0.3, -0.25) is 0 Å². The lowest BCUT2D eigenvalue weighted by molar-refractivity contribution is 0.288. The normalized spacial score (nSPS) is 17.1. The summed E-state index contributed by atoms with van der Waals surface area (Å²) in [6, 6.07) is 0. The first kappa shape index (κ1) is 11.9. The van der Waals surface area contributed by atoms with Gasteiger partial charge in [0.15, 0.2) is 0 Å². The minimum Gasteiger partial charge on any atom is -0.209 e. The maximum absolute atomic E-state index is 6.81. The molecule has 12 heavy (non-hydrogen) atoms. The molecule has 0 fully saturated rings. The highest BCUT2D eigenvalue weighted by Crippen LogP contribution is 2.29. The van der Waals surface area contributed by atoms with Crippen molar-refractivity contribution in [1.82, 2.24) is 0 Å². The molecule has 3 heteroatoms. The van der Waals surface area contributed by atoms with Gasteiger partial charge >= 0.3 is 0 Å². The highest BCUT2D eigenvalue weighted by atomic mass is 32.2. The molecule has 0 rings (SSSR count). The molecule has 2 nitrogen and oxygen atoms in total. The van der Waals surface area contributed by atoms with Gasteiger partial charge in [0.05, 0.1) is 0 Å². The van der Waals surface area contributed by atoms with Crippen molar-refractivity contribution in [3.63, 3.8) is 0 Å². The summed E-state index contributed by atoms with van der Waals surface area (Å²) in [5.74, 6) is 1.76. The molecule has 0 bridgehead atoms. The third-order valence-corrected chi connectivity index (χ3v) is 3.53. The molecular formula is C9H20N2S. The van der Waals surface area contributed by atoms with E-state index in [0.717, 1.165) is 5.75 Å². The van der Waals surface area contributed by atoms with E-state index in [9.17, 15) is 0 Å². The maximum Gasteiger partial charge on any atom is 0.113 e. The average Bonchev–Trinajstić information content (AvgIpc) is 1.97. The smallest absolute Gasteiger partial charge is 0.113 e. The van der Waals surface area contributed by atoms with Gasteiger partial charge in [-0.25, -0.2) is 5.53 Å². The number of hydrogen-bond donors (Lipinski definition) is 1. The molecule has 0 radical (unpaired) electrons. The van der Waals surface area contributed by atoms with Crippen LogP contribution in [-0.2, 0) is 0 Å². The Morgan fingerprint density at radius 2 is 1.83 bits per heavy atom. The largest absolute Gasteiger partial charge is 0.209 e. The van der Waals surface area contributed by atoms with E-state index in [1.807, 2.05) is 6.92 Å². The van der Waals surface area contributed by atoms with Gasteiger partial charge in [0.25, 0.3) is 0 Å². The Kier molecular flexibility index (Phi) is 4.83. The van der Waals surface area contributed by atoms with Crippen LogP contribution in [0.15, 0.2) is 5.11 Å². The topological polar surface area (TPSA) is 36.2 Å². The molecule has 1 N–H and O–H groups in total. The molecule has 0 saturated carbocycles. The van der Waals surface area contributed by atoms with Crippen LogP contribution in [-0.4, -0.2) is 11.1 Å². The van der Waals surface area contributed by atoms with E-state index >= 15 is 0 Å². The maximum atomic E-state index is 6.81. The third-order valence-electron chi connectivity index (χ3n) is 2.25. The van der Waals surface area contributed by atoms with Crippen molar-refractivity contribution in [1.29, 1.82) is 5.53 Å². The van der Waals surface area contributed by atoms with Crippen LogP contribution in [0, 0.1) is 16.9 Å². The highest BCUT2D eigenvalue weighted by Gasteiger charge is 2.20. The van der Waals surface area contributed by atoms with Gasteiger partial charge < -0.3 is 0 Å². The molecule has 0 spiro atoms. The molecule has 0 heterocycles. The zero-order valence-electron chi connectivity index (χ0n) is 8.72. The molecule has 0 amide bonds. The van der Waals surface area contributed by atoms with Crippen LogP contribution >= 0.6 is 11.8 Å². The molecule has 0 saturated heterocycles. The Morgan fingerprint density at radius 3 is 2.17 bits per heavy atom. The minimum atomic E-state index is 0.120. The van der Waals surface area contributed by atoms with Crippen LogP contribution in [0.5, 0.6) is 0 Å². The number of hydrogen-bond acceptors (Lipinski definition) is 3. The van der Waals surface area contributed by atoms with Gasteiger partial charge in [-0.1, -0.05) is 27.7 Å². The first-order chi connectivity index (χ1) is 5.38. The second-order valence-corrected chi connectivity index (χ2v) is 5.68. The van der Waals surface area contributed by atoms with Crippen molar-refractivity contribution in [2.45, 2.75) is 40.0 Å². The lowest BCUT2D eigenvalue weighted by atomic mass is 9.83. The molecule has 0 aliphatic rings. The second-order valence-electron chi connectivity index (χ2n) is 4.33. The Balaban J connectivity index is 3.71. The molecule has 0 aliphatic carbocycles. The predicted octanol–water partition coefficient (Wildman–Crippen LogP) is 3.78. The van der Waals surface area contributed by atoms with Crippen molar-refractivity contribution >= 4 is 11.8 Å². The molecular weight excluding hydrogens is 168 g/mol. The fourth-order valence-electron chi connectivity index (χ4n) is 0.571. The molecule has 1 unspecified atom stereocenters. The third kappa shape index (κ3) is 4.75. The number of thioether (sulfide) groups is 1. The SMILES string of the molecule is CC(N=N)SC[C@@H](C)C(C)(C)C. The highest BCUT2D eigenvalue weighted by molar-refractivity contribution is 7.99. The van der Waals surface area contributed by atoms with E-state index in [0.29, 0.717) is 11.3 Å². The van der Waals surface area contributed by atoms with E-state index in [4.69, 9.17) is 5.53 Å². The first-order valence-electron chi connectivity index (χ1n) is 4.36. The van der Waals surface area contributed by atoms with Crippen LogP contribution < -0.4 is 0 Å². The summed E-state index contributed by atoms with van der Waals surface area (Å²) in [6.45, 7) is 11.0. The van der Waals surface area contributed by atoms with Crippen molar-refractivity contribution < 1.29 is 0 Å². The summed E-state index contributed by atoms with van der Waals surface area (Å²) in [7, 11) is 0. The summed E-state index contributed by atoms with van der Waals surface area (Å²) < 4.78 is 0. The van der Waals surface area contributed by atoms with Gasteiger partial charge in [-0.05, 0) is 24.0 Å². The number of nitrogens with one attached hydrogen (secondary N) is 1. The lowest BCUT2D eigenvalue weighted by Crippen LogP contribution is -2.20. The monoisotopic (exact) mass is 188 g/mol. The molecule has 0 aromatic heterocycles. The van der Waals surface area contributed by atoms with E-state index in [-0.39, 0.29) is 5.37 Å². The average molecular weight is 188 g/mol. The van der Waals surface area contributed by atoms with E-state index in [1.165, 1.54) is 0 Å². The van der Waals surface area contributed by atoms with Gasteiger partial charge in [-0.2, -0.15) is 5.11 Å². The Labute approximate surface area is 80.0 Å². The molecule has 72 valence electrons. The summed E-state index contributed by atoms with van der Waals surface area (Å²) in [6.07, 6.45) is 0. The van der Waals surface area contributed by atoms with Crippen LogP contribution in [0.4, 0.5) is 0 Å². The van der Waals surface area contributed by atoms with E-state index in [2.05, 4.69) is 32.8 Å². The summed E-state index contributed by atoms with van der Waals surface area (Å²) in [5.41, 5.74) is 7.18. The van der Waals surface area contributed by atoms with Crippen molar-refractivity contribution in [3.8, 4) is 0 Å². The van der Waals surface area contributed by atoms with Gasteiger partial charge in [0, 0.05) is 0 Å². The number of rotatable bonds is 4. The van der Waals surface area contributed by atoms with Crippen LogP contribution in [0.1, 0.15) is 34.6 Å². The zero-order valence-corrected chi connectivity index (χ0v) is 9.53. The molecule has 0 aliphatic heterocycles. The van der Waals surface area contributed by atoms with Crippen LogP contribution in [0.2, 0.25) is 0 Å². The number of nitrogens with zero attached hydrogens (tertiary/aromatic N) is 1. The summed E-state index contributed by atoms with van der Waals surface area (Å²) >= 11 is 1.76. The fourth-order valence-corrected chi connectivity index (χ4v) is 1.71. The summed E-state index contributed by atoms with van der Waals surface area (Å²) in [5, 5.41) is 3.58. The lowest BCUT2D eigenvalue weighted by Gasteiger charge is -2.27. The minimum absolute atomic E-state index is 0.120. The Hall–Kier alpha value is -0.0500. The Morgan fingerprint density at radius 1 is 1.33 bits per heavy atom. The van der Waals surface area contributed by atoms with Gasteiger partial charge in [0.1, 0.15) is 5.37 Å².